The molecule has 0 N–H and O–H groups in total. The van der Waals surface area contributed by atoms with Crippen LogP contribution in [0.4, 0.5) is 0 Å². The first-order valence-corrected chi connectivity index (χ1v) is 20.1. The lowest BCUT2D eigenvalue weighted by Gasteiger charge is -2.22. The molecule has 1 heteroatoms. The summed E-state index contributed by atoms with van der Waals surface area (Å²) in [6, 6.07) is 41.4. The molecule has 56 heavy (non-hydrogen) atoms. The number of allylic oxidation sites excluding steroid dienone is 14. The van der Waals surface area contributed by atoms with E-state index in [9.17, 15) is 0 Å². The lowest BCUT2D eigenvalue weighted by atomic mass is 9.81. The second kappa shape index (κ2) is 17.4. The molecule has 0 amide bonds. The molecule has 0 aliphatic heterocycles. The highest BCUT2D eigenvalue weighted by molar-refractivity contribution is 7.80. The average Bonchev–Trinajstić information content (AvgIpc) is 3.40. The van der Waals surface area contributed by atoms with Crippen molar-refractivity contribution >= 4 is 50.9 Å². The molecular weight excluding hydrogens is 693 g/mol. The van der Waals surface area contributed by atoms with Crippen LogP contribution in [0.5, 0.6) is 0 Å². The monoisotopic (exact) mass is 746 g/mol. The molecule has 0 saturated heterocycles. The molecule has 6 rings (SSSR count). The third kappa shape index (κ3) is 8.30. The zero-order chi connectivity index (χ0) is 40.0. The van der Waals surface area contributed by atoms with Crippen LogP contribution in [-0.4, -0.2) is 0 Å². The van der Waals surface area contributed by atoms with E-state index in [-0.39, 0.29) is 5.41 Å². The number of fused-ring (bicyclic) bond motifs is 3. The highest BCUT2D eigenvalue weighted by Crippen LogP contribution is 2.51. The molecule has 0 radical (unpaired) electrons. The molecule has 1 aliphatic carbocycles. The van der Waals surface area contributed by atoms with Gasteiger partial charge in [0.1, 0.15) is 0 Å². The van der Waals surface area contributed by atoms with Crippen molar-refractivity contribution in [3.8, 4) is 11.1 Å². The highest BCUT2D eigenvalue weighted by Gasteiger charge is 2.37. The van der Waals surface area contributed by atoms with Gasteiger partial charge in [-0.25, -0.2) is 0 Å². The lowest BCUT2D eigenvalue weighted by Crippen LogP contribution is -2.15. The molecule has 0 aromatic heterocycles. The number of hydrogen-bond donors (Lipinski definition) is 1. The number of benzene rings is 4. The second-order valence-corrected chi connectivity index (χ2v) is 15.7. The fourth-order valence-electron chi connectivity index (χ4n) is 8.08. The molecule has 0 nitrogen and oxygen atoms in total. The van der Waals surface area contributed by atoms with Gasteiger partial charge in [0.25, 0.3) is 0 Å². The normalized spacial score (nSPS) is 15.8. The lowest BCUT2D eigenvalue weighted by molar-refractivity contribution is 0.660. The zero-order valence-corrected chi connectivity index (χ0v) is 35.0. The van der Waals surface area contributed by atoms with Crippen molar-refractivity contribution in [2.45, 2.75) is 65.2 Å². The SMILES string of the molecule is C=C(/C=C\C)/C(C)=C\C(=C)c1ccccccc(/C(C)=C/C(=C\C)CC=C2/C(=C\C)C(C)(C)c3cc4cc(S)c(-c5ccccc5)cc4cc32)c2ccccc12. The van der Waals surface area contributed by atoms with Crippen LogP contribution < -0.4 is 0 Å². The van der Waals surface area contributed by atoms with Crippen LogP contribution in [0.25, 0.3) is 49.4 Å². The second-order valence-electron chi connectivity index (χ2n) is 15.2. The summed E-state index contributed by atoms with van der Waals surface area (Å²) < 4.78 is 0. The van der Waals surface area contributed by atoms with E-state index in [4.69, 9.17) is 12.6 Å². The van der Waals surface area contributed by atoms with Gasteiger partial charge in [-0.1, -0.05) is 161 Å². The first-order valence-electron chi connectivity index (χ1n) is 19.6. The van der Waals surface area contributed by atoms with Gasteiger partial charge in [0.05, 0.1) is 0 Å². The zero-order valence-electron chi connectivity index (χ0n) is 34.1. The standard InChI is InChI=1S/C55H54S/c1-10-22-37(4)38(5)31-39(6)45-25-18-13-14-19-26-46(48-28-21-20-27-47(45)48)40(7)32-41(11-2)29-30-49-51-34-43-33-50(42-23-16-15-17-24-42)54(56)36-44(43)35-53(51)55(8,9)52(49)12-3/h10-28,30-36,56H,4,6,29H2,1-3,5,7-9H3/b14-13?,18-13?,19-14?,22-10-,25-18?,26-19?,38-31-,40-32+,41-11-,45-25?,46-26?,47-45?,48-46?,49-30?,52-12+. The summed E-state index contributed by atoms with van der Waals surface area (Å²) in [6.07, 6.45) is 16.4. The molecule has 0 heterocycles. The van der Waals surface area contributed by atoms with Gasteiger partial charge < -0.3 is 0 Å². The molecule has 0 spiro atoms. The minimum Gasteiger partial charge on any atom is -0.143 e. The van der Waals surface area contributed by atoms with Crippen molar-refractivity contribution in [2.75, 3.05) is 0 Å². The van der Waals surface area contributed by atoms with Gasteiger partial charge in [-0.3, -0.25) is 0 Å². The predicted molar refractivity (Wildman–Crippen MR) is 252 cm³/mol. The Labute approximate surface area is 341 Å². The molecule has 1 aliphatic rings. The molecule has 0 saturated carbocycles. The minimum atomic E-state index is -0.116. The van der Waals surface area contributed by atoms with E-state index in [0.717, 1.165) is 44.5 Å². The van der Waals surface area contributed by atoms with Crippen LogP contribution in [0.3, 0.4) is 0 Å². The van der Waals surface area contributed by atoms with Crippen LogP contribution >= 0.6 is 12.6 Å². The smallest absolute Gasteiger partial charge is 0.0155 e. The van der Waals surface area contributed by atoms with Gasteiger partial charge in [0.2, 0.25) is 0 Å². The largest absolute Gasteiger partial charge is 0.143 e. The van der Waals surface area contributed by atoms with Crippen molar-refractivity contribution in [3.05, 3.63) is 215 Å². The van der Waals surface area contributed by atoms with Crippen molar-refractivity contribution in [3.63, 3.8) is 0 Å². The van der Waals surface area contributed by atoms with Gasteiger partial charge >= 0.3 is 0 Å². The molecule has 0 bridgehead atoms. The summed E-state index contributed by atoms with van der Waals surface area (Å²) in [7, 11) is 0. The van der Waals surface area contributed by atoms with Gasteiger partial charge in [-0.2, -0.15) is 0 Å². The molecule has 0 atom stereocenters. The van der Waals surface area contributed by atoms with Crippen molar-refractivity contribution < 1.29 is 0 Å². The quantitative estimate of drug-likeness (QED) is 0.113. The van der Waals surface area contributed by atoms with E-state index in [1.54, 1.807) is 0 Å². The van der Waals surface area contributed by atoms with Crippen LogP contribution in [0.15, 0.2) is 198 Å². The third-order valence-corrected chi connectivity index (χ3v) is 11.5. The first-order chi connectivity index (χ1) is 27.0. The number of rotatable bonds is 9. The van der Waals surface area contributed by atoms with Crippen molar-refractivity contribution in [2.24, 2.45) is 0 Å². The number of hydrogen-bond acceptors (Lipinski definition) is 1. The first kappa shape index (κ1) is 40.0. The summed E-state index contributed by atoms with van der Waals surface area (Å²) in [5, 5.41) is 4.78. The van der Waals surface area contributed by atoms with Crippen LogP contribution in [-0.2, 0) is 5.41 Å². The number of thiol groups is 1. The van der Waals surface area contributed by atoms with Gasteiger partial charge in [-0.05, 0) is 159 Å². The van der Waals surface area contributed by atoms with Crippen LogP contribution in [0.1, 0.15) is 77.1 Å². The maximum Gasteiger partial charge on any atom is 0.0155 e. The van der Waals surface area contributed by atoms with Crippen LogP contribution in [0, 0.1) is 0 Å². The van der Waals surface area contributed by atoms with E-state index >= 15 is 0 Å². The molecule has 5 aromatic rings. The Kier molecular flexibility index (Phi) is 12.5. The Morgan fingerprint density at radius 3 is 1.95 bits per heavy atom. The molecule has 0 fully saturated rings. The average molecular weight is 747 g/mol. The maximum absolute atomic E-state index is 4.94. The van der Waals surface area contributed by atoms with E-state index < -0.39 is 0 Å². The van der Waals surface area contributed by atoms with E-state index in [2.05, 4.69) is 200 Å². The Morgan fingerprint density at radius 2 is 1.29 bits per heavy atom. The molecule has 5 aromatic carbocycles. The summed E-state index contributed by atoms with van der Waals surface area (Å²) in [4.78, 5) is 0.997. The van der Waals surface area contributed by atoms with Crippen LogP contribution in [0.2, 0.25) is 0 Å². The molecular formula is C55H54S. The third-order valence-electron chi connectivity index (χ3n) is 11.1. The van der Waals surface area contributed by atoms with E-state index in [0.29, 0.717) is 0 Å². The van der Waals surface area contributed by atoms with Gasteiger partial charge in [-0.15, -0.1) is 12.6 Å². The van der Waals surface area contributed by atoms with Gasteiger partial charge in [0.15, 0.2) is 0 Å². The summed E-state index contributed by atoms with van der Waals surface area (Å²) in [5.74, 6) is 0. The summed E-state index contributed by atoms with van der Waals surface area (Å²) in [5.41, 5.74) is 15.4. The highest BCUT2D eigenvalue weighted by atomic mass is 32.1. The van der Waals surface area contributed by atoms with E-state index in [1.807, 2.05) is 19.1 Å². The Hall–Kier alpha value is -5.63. The topological polar surface area (TPSA) is 0 Å². The molecule has 0 unspecified atom stereocenters. The summed E-state index contributed by atoms with van der Waals surface area (Å²) in [6.45, 7) is 24.2. The molecule has 280 valence electrons. The van der Waals surface area contributed by atoms with Gasteiger partial charge in [0, 0.05) is 10.3 Å². The Balaban J connectivity index is 1.43. The van der Waals surface area contributed by atoms with Crippen molar-refractivity contribution in [1.29, 1.82) is 0 Å². The van der Waals surface area contributed by atoms with Crippen molar-refractivity contribution in [1.82, 2.24) is 0 Å². The Bertz CT molecular complexity index is 2590. The Morgan fingerprint density at radius 1 is 0.696 bits per heavy atom. The maximum atomic E-state index is 4.94. The fourth-order valence-corrected chi connectivity index (χ4v) is 8.41. The predicted octanol–water partition coefficient (Wildman–Crippen LogP) is 16.2. The minimum absolute atomic E-state index is 0.116. The summed E-state index contributed by atoms with van der Waals surface area (Å²) >= 11 is 4.94. The van der Waals surface area contributed by atoms with E-state index in [1.165, 1.54) is 60.7 Å². The fraction of sp³-hybridized carbons (Fsp3) is 0.164.